The number of alkyl halides is 3. The van der Waals surface area contributed by atoms with Gasteiger partial charge < -0.3 is 5.73 Å². The highest BCUT2D eigenvalue weighted by Crippen LogP contribution is 2.29. The minimum Gasteiger partial charge on any atom is -0.329 e. The number of halogens is 3. The van der Waals surface area contributed by atoms with Crippen LogP contribution in [-0.4, -0.2) is 49.1 Å². The molecule has 1 aromatic rings. The Hall–Kier alpha value is -1.11. The first kappa shape index (κ1) is 15.3. The molecule has 1 heterocycles. The molecule has 112 valence electrons. The van der Waals surface area contributed by atoms with E-state index >= 15 is 0 Å². The Morgan fingerprint density at radius 1 is 0.950 bits per heavy atom. The zero-order valence-electron chi connectivity index (χ0n) is 11.4. The molecule has 1 fully saturated rings. The van der Waals surface area contributed by atoms with Gasteiger partial charge in [0.2, 0.25) is 0 Å². The molecule has 2 N–H and O–H groups in total. The molecule has 2 rings (SSSR count). The molecule has 0 amide bonds. The summed E-state index contributed by atoms with van der Waals surface area (Å²) >= 11 is 0. The Labute approximate surface area is 117 Å². The molecule has 1 aromatic carbocycles. The normalized spacial score (nSPS) is 18.4. The van der Waals surface area contributed by atoms with Crippen molar-refractivity contribution in [2.75, 3.05) is 39.3 Å². The van der Waals surface area contributed by atoms with E-state index in [1.54, 1.807) is 12.1 Å². The van der Waals surface area contributed by atoms with Gasteiger partial charge in [0.05, 0.1) is 5.56 Å². The summed E-state index contributed by atoms with van der Waals surface area (Å²) in [5, 5.41) is 0. The lowest BCUT2D eigenvalue weighted by molar-refractivity contribution is -0.137. The van der Waals surface area contributed by atoms with Crippen LogP contribution in [0.5, 0.6) is 0 Å². The van der Waals surface area contributed by atoms with E-state index in [0.717, 1.165) is 50.4 Å². The molecule has 0 bridgehead atoms. The maximum atomic E-state index is 12.5. The Kier molecular flexibility index (Phi) is 5.01. The summed E-state index contributed by atoms with van der Waals surface area (Å²) in [5.41, 5.74) is 5.85. The smallest absolute Gasteiger partial charge is 0.329 e. The van der Waals surface area contributed by atoms with Crippen LogP contribution in [0.2, 0.25) is 0 Å². The van der Waals surface area contributed by atoms with E-state index in [1.165, 1.54) is 0 Å². The van der Waals surface area contributed by atoms with Crippen molar-refractivity contribution in [3.8, 4) is 0 Å². The van der Waals surface area contributed by atoms with Gasteiger partial charge in [0.15, 0.2) is 0 Å². The van der Waals surface area contributed by atoms with Crippen molar-refractivity contribution in [1.29, 1.82) is 0 Å². The molecule has 0 unspecified atom stereocenters. The molecule has 20 heavy (non-hydrogen) atoms. The second-order valence-corrected chi connectivity index (χ2v) is 5.10. The fourth-order valence-corrected chi connectivity index (χ4v) is 2.41. The first-order chi connectivity index (χ1) is 9.49. The van der Waals surface area contributed by atoms with E-state index in [2.05, 4.69) is 9.80 Å². The van der Waals surface area contributed by atoms with Crippen molar-refractivity contribution in [3.05, 3.63) is 35.4 Å². The lowest BCUT2D eigenvalue weighted by Gasteiger charge is -2.34. The number of nitrogens with two attached hydrogens (primary N) is 1. The van der Waals surface area contributed by atoms with E-state index in [1.807, 2.05) is 0 Å². The molecule has 1 aliphatic rings. The van der Waals surface area contributed by atoms with E-state index in [9.17, 15) is 13.2 Å². The van der Waals surface area contributed by atoms with Gasteiger partial charge in [0, 0.05) is 45.8 Å². The predicted octanol–water partition coefficient (Wildman–Crippen LogP) is 1.78. The summed E-state index contributed by atoms with van der Waals surface area (Å²) in [6.45, 7) is 6.08. The molecule has 1 aliphatic heterocycles. The Bertz CT molecular complexity index is 409. The zero-order chi connectivity index (χ0) is 14.6. The van der Waals surface area contributed by atoms with Crippen molar-refractivity contribution in [1.82, 2.24) is 9.80 Å². The van der Waals surface area contributed by atoms with E-state index in [-0.39, 0.29) is 0 Å². The van der Waals surface area contributed by atoms with Crippen LogP contribution in [-0.2, 0) is 12.7 Å². The highest BCUT2D eigenvalue weighted by atomic mass is 19.4. The number of nitrogens with zero attached hydrogens (tertiary/aromatic N) is 2. The highest BCUT2D eigenvalue weighted by Gasteiger charge is 2.30. The van der Waals surface area contributed by atoms with Crippen molar-refractivity contribution < 1.29 is 13.2 Å². The van der Waals surface area contributed by atoms with Gasteiger partial charge in [-0.15, -0.1) is 0 Å². The van der Waals surface area contributed by atoms with Gasteiger partial charge in [-0.2, -0.15) is 13.2 Å². The first-order valence-corrected chi connectivity index (χ1v) is 6.80. The Morgan fingerprint density at radius 2 is 1.50 bits per heavy atom. The molecule has 0 radical (unpaired) electrons. The summed E-state index contributed by atoms with van der Waals surface area (Å²) in [6.07, 6.45) is -4.26. The van der Waals surface area contributed by atoms with Crippen LogP contribution < -0.4 is 5.73 Å². The van der Waals surface area contributed by atoms with Gasteiger partial charge >= 0.3 is 6.18 Å². The van der Waals surface area contributed by atoms with Gasteiger partial charge in [-0.1, -0.05) is 12.1 Å². The lowest BCUT2D eigenvalue weighted by atomic mass is 10.1. The largest absolute Gasteiger partial charge is 0.416 e. The number of piperazine rings is 1. The monoisotopic (exact) mass is 287 g/mol. The SMILES string of the molecule is NCCN1CCN(Cc2ccc(C(F)(F)F)cc2)CC1. The third kappa shape index (κ3) is 4.19. The minimum atomic E-state index is -4.26. The molecule has 0 saturated carbocycles. The second-order valence-electron chi connectivity index (χ2n) is 5.10. The number of rotatable bonds is 4. The van der Waals surface area contributed by atoms with Gasteiger partial charge in [-0.05, 0) is 17.7 Å². The summed E-state index contributed by atoms with van der Waals surface area (Å²) in [5.74, 6) is 0. The molecular formula is C14H20F3N3. The summed E-state index contributed by atoms with van der Waals surface area (Å²) in [4.78, 5) is 4.57. The third-order valence-corrected chi connectivity index (χ3v) is 3.60. The molecule has 3 nitrogen and oxygen atoms in total. The van der Waals surface area contributed by atoms with Gasteiger partial charge in [0.1, 0.15) is 0 Å². The zero-order valence-corrected chi connectivity index (χ0v) is 11.4. The standard InChI is InChI=1S/C14H20F3N3/c15-14(16,17)13-3-1-12(2-4-13)11-20-9-7-19(6-5-18)8-10-20/h1-4H,5-11,18H2. The fraction of sp³-hybridized carbons (Fsp3) is 0.571. The van der Waals surface area contributed by atoms with Crippen molar-refractivity contribution >= 4 is 0 Å². The number of benzene rings is 1. The van der Waals surface area contributed by atoms with Gasteiger partial charge in [-0.25, -0.2) is 0 Å². The fourth-order valence-electron chi connectivity index (χ4n) is 2.41. The highest BCUT2D eigenvalue weighted by molar-refractivity contribution is 5.24. The molecule has 1 saturated heterocycles. The van der Waals surface area contributed by atoms with Crippen LogP contribution in [0.3, 0.4) is 0 Å². The average molecular weight is 287 g/mol. The third-order valence-electron chi connectivity index (χ3n) is 3.60. The quantitative estimate of drug-likeness (QED) is 0.916. The lowest BCUT2D eigenvalue weighted by Crippen LogP contribution is -2.47. The van der Waals surface area contributed by atoms with Crippen LogP contribution in [0.4, 0.5) is 13.2 Å². The summed E-state index contributed by atoms with van der Waals surface area (Å²) in [6, 6.07) is 5.43. The molecule has 0 spiro atoms. The van der Waals surface area contributed by atoms with E-state index < -0.39 is 11.7 Å². The summed E-state index contributed by atoms with van der Waals surface area (Å²) in [7, 11) is 0. The molecule has 0 atom stereocenters. The Morgan fingerprint density at radius 3 is 2.00 bits per heavy atom. The Balaban J connectivity index is 1.85. The van der Waals surface area contributed by atoms with Crippen LogP contribution >= 0.6 is 0 Å². The summed E-state index contributed by atoms with van der Waals surface area (Å²) < 4.78 is 37.4. The predicted molar refractivity (Wildman–Crippen MR) is 72.2 cm³/mol. The van der Waals surface area contributed by atoms with Gasteiger partial charge in [0.25, 0.3) is 0 Å². The molecule has 0 aromatic heterocycles. The van der Waals surface area contributed by atoms with Crippen LogP contribution in [0, 0.1) is 0 Å². The maximum Gasteiger partial charge on any atom is 0.416 e. The topological polar surface area (TPSA) is 32.5 Å². The molecular weight excluding hydrogens is 267 g/mol. The van der Waals surface area contributed by atoms with Crippen molar-refractivity contribution in [2.24, 2.45) is 5.73 Å². The van der Waals surface area contributed by atoms with Crippen LogP contribution in [0.25, 0.3) is 0 Å². The number of hydrogen-bond acceptors (Lipinski definition) is 3. The van der Waals surface area contributed by atoms with Crippen molar-refractivity contribution in [3.63, 3.8) is 0 Å². The van der Waals surface area contributed by atoms with E-state index in [4.69, 9.17) is 5.73 Å². The minimum absolute atomic E-state index is 0.589. The van der Waals surface area contributed by atoms with Crippen LogP contribution in [0.1, 0.15) is 11.1 Å². The average Bonchev–Trinajstić information content (AvgIpc) is 2.41. The first-order valence-electron chi connectivity index (χ1n) is 6.80. The van der Waals surface area contributed by atoms with Crippen molar-refractivity contribution in [2.45, 2.75) is 12.7 Å². The van der Waals surface area contributed by atoms with E-state index in [0.29, 0.717) is 13.1 Å². The number of hydrogen-bond donors (Lipinski definition) is 1. The van der Waals surface area contributed by atoms with Gasteiger partial charge in [-0.3, -0.25) is 9.80 Å². The second kappa shape index (κ2) is 6.56. The molecule has 0 aliphatic carbocycles. The maximum absolute atomic E-state index is 12.5. The molecule has 6 heteroatoms. The van der Waals surface area contributed by atoms with Crippen LogP contribution in [0.15, 0.2) is 24.3 Å².